The van der Waals surface area contributed by atoms with Crippen LogP contribution in [0, 0.1) is 0 Å². The molecule has 0 unspecified atom stereocenters. The number of nitrogens with one attached hydrogen (secondary N) is 1. The van der Waals surface area contributed by atoms with Crippen molar-refractivity contribution >= 4 is 45.5 Å². The molecule has 0 saturated carbocycles. The molecule has 36 heavy (non-hydrogen) atoms. The zero-order valence-electron chi connectivity index (χ0n) is 19.8. The van der Waals surface area contributed by atoms with Gasteiger partial charge in [0.1, 0.15) is 11.5 Å². The van der Waals surface area contributed by atoms with Crippen molar-refractivity contribution in [1.29, 1.82) is 0 Å². The zero-order chi connectivity index (χ0) is 24.9. The van der Waals surface area contributed by atoms with Crippen LogP contribution in [0.1, 0.15) is 11.1 Å². The van der Waals surface area contributed by atoms with Crippen molar-refractivity contribution < 1.29 is 14.3 Å². The van der Waals surface area contributed by atoms with E-state index >= 15 is 0 Å². The third-order valence-electron chi connectivity index (χ3n) is 5.86. The van der Waals surface area contributed by atoms with E-state index in [9.17, 15) is 4.79 Å². The topological polar surface area (TPSA) is 66.9 Å². The molecule has 1 aliphatic heterocycles. The van der Waals surface area contributed by atoms with Gasteiger partial charge in [-0.05, 0) is 77.9 Å². The summed E-state index contributed by atoms with van der Waals surface area (Å²) in [7, 11) is 1.63. The maximum absolute atomic E-state index is 13.5. The molecule has 1 amide bonds. The highest BCUT2D eigenvalue weighted by Gasteiger charge is 2.33. The molecule has 1 saturated heterocycles. The van der Waals surface area contributed by atoms with Crippen LogP contribution in [0.5, 0.6) is 11.5 Å². The highest BCUT2D eigenvalue weighted by atomic mass is 32.2. The smallest absolute Gasteiger partial charge is 0.266 e. The van der Waals surface area contributed by atoms with Crippen molar-refractivity contribution in [2.24, 2.45) is 4.99 Å². The van der Waals surface area contributed by atoms with Crippen molar-refractivity contribution in [2.45, 2.75) is 6.42 Å². The minimum atomic E-state index is -0.0569. The monoisotopic (exact) mass is 495 g/mol. The molecular weight excluding hydrogens is 470 g/mol. The van der Waals surface area contributed by atoms with E-state index in [0.29, 0.717) is 28.8 Å². The maximum atomic E-state index is 13.5. The molecule has 6 nitrogen and oxygen atoms in total. The molecule has 0 spiro atoms. The SMILES string of the molecule is C=COc1ccc(/C=C2/SC(=Nc3ccc(OC)cc3)N(CCc3c[nH]c4ccccc34)C2=O)cc1. The summed E-state index contributed by atoms with van der Waals surface area (Å²) in [4.78, 5) is 24.0. The summed E-state index contributed by atoms with van der Waals surface area (Å²) >= 11 is 1.38. The number of hydrogen-bond donors (Lipinski definition) is 1. The summed E-state index contributed by atoms with van der Waals surface area (Å²) in [6, 6.07) is 23.2. The van der Waals surface area contributed by atoms with Gasteiger partial charge in [-0.15, -0.1) is 0 Å². The predicted molar refractivity (Wildman–Crippen MR) is 147 cm³/mol. The van der Waals surface area contributed by atoms with Gasteiger partial charge in [-0.2, -0.15) is 0 Å². The second kappa shape index (κ2) is 10.6. The van der Waals surface area contributed by atoms with Gasteiger partial charge in [0.25, 0.3) is 5.91 Å². The average molecular weight is 496 g/mol. The number of methoxy groups -OCH3 is 1. The van der Waals surface area contributed by atoms with Crippen molar-refractivity contribution in [2.75, 3.05) is 13.7 Å². The molecule has 1 fully saturated rings. The van der Waals surface area contributed by atoms with Crippen LogP contribution in [0.2, 0.25) is 0 Å². The van der Waals surface area contributed by atoms with Crippen LogP contribution in [0.3, 0.4) is 0 Å². The molecule has 3 aromatic carbocycles. The van der Waals surface area contributed by atoms with E-state index in [1.807, 2.05) is 72.9 Å². The number of para-hydroxylation sites is 1. The number of fused-ring (bicyclic) bond motifs is 1. The summed E-state index contributed by atoms with van der Waals surface area (Å²) in [5.74, 6) is 1.40. The molecule has 0 atom stereocenters. The van der Waals surface area contributed by atoms with Crippen LogP contribution >= 0.6 is 11.8 Å². The van der Waals surface area contributed by atoms with Gasteiger partial charge in [-0.3, -0.25) is 9.69 Å². The number of carbonyl (C=O) groups excluding carboxylic acids is 1. The van der Waals surface area contributed by atoms with E-state index in [2.05, 4.69) is 23.7 Å². The molecule has 180 valence electrons. The molecule has 1 N–H and O–H groups in total. The minimum absolute atomic E-state index is 0.0569. The molecule has 0 radical (unpaired) electrons. The van der Waals surface area contributed by atoms with Gasteiger partial charge in [0.05, 0.1) is 24.0 Å². The van der Waals surface area contributed by atoms with Gasteiger partial charge in [0.2, 0.25) is 0 Å². The second-order valence-electron chi connectivity index (χ2n) is 8.12. The normalized spacial score (nSPS) is 15.7. The van der Waals surface area contributed by atoms with Gasteiger partial charge in [-0.25, -0.2) is 4.99 Å². The van der Waals surface area contributed by atoms with E-state index in [-0.39, 0.29) is 5.91 Å². The van der Waals surface area contributed by atoms with Gasteiger partial charge in [-0.1, -0.05) is 36.9 Å². The molecular formula is C29H25N3O3S. The molecule has 2 heterocycles. The van der Waals surface area contributed by atoms with Crippen molar-refractivity contribution in [1.82, 2.24) is 9.88 Å². The molecule has 7 heteroatoms. The number of H-pyrrole nitrogens is 1. The predicted octanol–water partition coefficient (Wildman–Crippen LogP) is 6.55. The van der Waals surface area contributed by atoms with Crippen molar-refractivity contribution in [3.63, 3.8) is 0 Å². The number of carbonyl (C=O) groups is 1. The Hall–Kier alpha value is -4.23. The summed E-state index contributed by atoms with van der Waals surface area (Å²) in [5.41, 5.74) is 3.92. The highest BCUT2D eigenvalue weighted by Crippen LogP contribution is 2.35. The van der Waals surface area contributed by atoms with Crippen LogP contribution in [0.4, 0.5) is 5.69 Å². The third-order valence-corrected chi connectivity index (χ3v) is 6.87. The van der Waals surface area contributed by atoms with E-state index in [4.69, 9.17) is 14.5 Å². The molecule has 0 aliphatic carbocycles. The lowest BCUT2D eigenvalue weighted by molar-refractivity contribution is -0.122. The summed E-state index contributed by atoms with van der Waals surface area (Å²) in [5, 5.41) is 1.82. The standard InChI is InChI=1S/C29H25N3O3S/c1-3-35-24-12-8-20(9-13-24)18-27-28(33)32(17-16-21-19-30-26-7-5-4-6-25(21)26)29(36-27)31-22-10-14-23(34-2)15-11-22/h3-15,18-19,30H,1,16-17H2,2H3/b27-18+,31-29?. The summed E-state index contributed by atoms with van der Waals surface area (Å²) < 4.78 is 10.6. The van der Waals surface area contributed by atoms with Crippen molar-refractivity contribution in [3.8, 4) is 11.5 Å². The first-order chi connectivity index (χ1) is 17.6. The lowest BCUT2D eigenvalue weighted by Crippen LogP contribution is -2.31. The number of nitrogens with zero attached hydrogens (tertiary/aromatic N) is 2. The molecule has 5 rings (SSSR count). The Morgan fingerprint density at radius 2 is 1.78 bits per heavy atom. The van der Waals surface area contributed by atoms with Gasteiger partial charge in [0, 0.05) is 23.6 Å². The van der Waals surface area contributed by atoms with Crippen LogP contribution in [0.25, 0.3) is 17.0 Å². The number of amidine groups is 1. The maximum Gasteiger partial charge on any atom is 0.266 e. The number of thioether (sulfide) groups is 1. The fraction of sp³-hybridized carbons (Fsp3) is 0.103. The average Bonchev–Trinajstić information content (AvgIpc) is 3.45. The Kier molecular flexibility index (Phi) is 6.91. The Bertz CT molecular complexity index is 1450. The summed E-state index contributed by atoms with van der Waals surface area (Å²) in [6.07, 6.45) is 6.00. The molecule has 4 aromatic rings. The van der Waals surface area contributed by atoms with Gasteiger partial charge >= 0.3 is 0 Å². The number of hydrogen-bond acceptors (Lipinski definition) is 5. The van der Waals surface area contributed by atoms with E-state index in [1.54, 1.807) is 12.0 Å². The number of aromatic nitrogens is 1. The fourth-order valence-electron chi connectivity index (χ4n) is 4.02. The Morgan fingerprint density at radius 1 is 1.03 bits per heavy atom. The van der Waals surface area contributed by atoms with E-state index < -0.39 is 0 Å². The number of amides is 1. The Morgan fingerprint density at radius 3 is 2.53 bits per heavy atom. The van der Waals surface area contributed by atoms with E-state index in [1.165, 1.54) is 29.0 Å². The number of aliphatic imine (C=N–C) groups is 1. The Labute approximate surface area is 214 Å². The third kappa shape index (κ3) is 5.06. The number of ether oxygens (including phenoxy) is 2. The molecule has 0 bridgehead atoms. The zero-order valence-corrected chi connectivity index (χ0v) is 20.6. The number of benzene rings is 3. The van der Waals surface area contributed by atoms with Crippen LogP contribution < -0.4 is 9.47 Å². The van der Waals surface area contributed by atoms with Gasteiger partial charge < -0.3 is 14.5 Å². The lowest BCUT2D eigenvalue weighted by atomic mass is 10.1. The van der Waals surface area contributed by atoms with Crippen LogP contribution in [-0.4, -0.2) is 34.6 Å². The number of aromatic amines is 1. The molecule has 1 aromatic heterocycles. The number of rotatable bonds is 8. The van der Waals surface area contributed by atoms with Crippen molar-refractivity contribution in [3.05, 3.63) is 108 Å². The quantitative estimate of drug-likeness (QED) is 0.222. The highest BCUT2D eigenvalue weighted by molar-refractivity contribution is 8.18. The fourth-order valence-corrected chi connectivity index (χ4v) is 5.04. The summed E-state index contributed by atoms with van der Waals surface area (Å²) in [6.45, 7) is 4.09. The molecule has 1 aliphatic rings. The van der Waals surface area contributed by atoms with Crippen LogP contribution in [0.15, 0.2) is 102 Å². The minimum Gasteiger partial charge on any atom is -0.497 e. The first kappa shape index (κ1) is 23.5. The van der Waals surface area contributed by atoms with Crippen LogP contribution in [-0.2, 0) is 11.2 Å². The lowest BCUT2D eigenvalue weighted by Gasteiger charge is -2.15. The largest absolute Gasteiger partial charge is 0.497 e. The van der Waals surface area contributed by atoms with E-state index in [0.717, 1.165) is 22.5 Å². The first-order valence-electron chi connectivity index (χ1n) is 11.5. The second-order valence-corrected chi connectivity index (χ2v) is 9.13. The Balaban J connectivity index is 1.43. The van der Waals surface area contributed by atoms with Gasteiger partial charge in [0.15, 0.2) is 5.17 Å². The first-order valence-corrected chi connectivity index (χ1v) is 12.3.